The summed E-state index contributed by atoms with van der Waals surface area (Å²) in [5, 5.41) is 7.11. The van der Waals surface area contributed by atoms with Gasteiger partial charge in [0.1, 0.15) is 0 Å². The van der Waals surface area contributed by atoms with Crippen molar-refractivity contribution >= 4 is 17.5 Å². The number of hydrogen-bond acceptors (Lipinski definition) is 3. The molecule has 116 valence electrons. The average Bonchev–Trinajstić information content (AvgIpc) is 2.95. The second-order valence-corrected chi connectivity index (χ2v) is 5.81. The van der Waals surface area contributed by atoms with Gasteiger partial charge in [-0.2, -0.15) is 0 Å². The Kier molecular flexibility index (Phi) is 6.49. The lowest BCUT2D eigenvalue weighted by Crippen LogP contribution is -2.44. The molecule has 1 heterocycles. The Bertz CT molecular complexity index is 450. The van der Waals surface area contributed by atoms with Crippen LogP contribution in [-0.2, 0) is 16.0 Å². The van der Waals surface area contributed by atoms with E-state index in [9.17, 15) is 4.79 Å². The van der Waals surface area contributed by atoms with Crippen LogP contribution in [0.2, 0.25) is 5.02 Å². The molecule has 2 N–H and O–H groups in total. The number of carbonyl (C=O) groups is 1. The van der Waals surface area contributed by atoms with Crippen LogP contribution in [0.1, 0.15) is 18.9 Å². The van der Waals surface area contributed by atoms with E-state index in [0.29, 0.717) is 19.8 Å². The highest BCUT2D eigenvalue weighted by atomic mass is 35.5. The molecule has 1 fully saturated rings. The van der Waals surface area contributed by atoms with Crippen LogP contribution in [0.15, 0.2) is 24.3 Å². The Morgan fingerprint density at radius 2 is 2.05 bits per heavy atom. The number of carbonyl (C=O) groups excluding carboxylic acids is 1. The van der Waals surface area contributed by atoms with Gasteiger partial charge in [0.25, 0.3) is 0 Å². The minimum Gasteiger partial charge on any atom is -0.379 e. The summed E-state index contributed by atoms with van der Waals surface area (Å²) in [6, 6.07) is 7.85. The van der Waals surface area contributed by atoms with Crippen LogP contribution in [-0.4, -0.2) is 38.3 Å². The summed E-state index contributed by atoms with van der Waals surface area (Å²) in [5.74, 6) is -0.00293. The summed E-state index contributed by atoms with van der Waals surface area (Å²) in [5.41, 5.74) is 1.17. The molecule has 0 bridgehead atoms. The Morgan fingerprint density at radius 3 is 2.76 bits per heavy atom. The van der Waals surface area contributed by atoms with Gasteiger partial charge in [-0.05, 0) is 37.1 Å². The van der Waals surface area contributed by atoms with Crippen molar-refractivity contribution in [3.63, 3.8) is 0 Å². The van der Waals surface area contributed by atoms with E-state index in [0.717, 1.165) is 24.4 Å². The highest BCUT2D eigenvalue weighted by Crippen LogP contribution is 2.14. The molecule has 0 spiro atoms. The quantitative estimate of drug-likeness (QED) is 0.810. The second-order valence-electron chi connectivity index (χ2n) is 5.37. The van der Waals surface area contributed by atoms with Crippen LogP contribution in [0.4, 0.5) is 0 Å². The van der Waals surface area contributed by atoms with Gasteiger partial charge in [0.15, 0.2) is 0 Å². The molecule has 0 aliphatic carbocycles. The van der Waals surface area contributed by atoms with Crippen molar-refractivity contribution in [3.8, 4) is 0 Å². The third-order valence-corrected chi connectivity index (χ3v) is 3.95. The summed E-state index contributed by atoms with van der Waals surface area (Å²) in [4.78, 5) is 12.2. The Labute approximate surface area is 131 Å². The van der Waals surface area contributed by atoms with Crippen LogP contribution >= 0.6 is 11.6 Å². The SMILES string of the molecule is CCCNC1COCC1C(=O)NCCc1ccc(Cl)cc1. The van der Waals surface area contributed by atoms with Gasteiger partial charge in [-0.25, -0.2) is 0 Å². The molecule has 2 rings (SSSR count). The predicted molar refractivity (Wildman–Crippen MR) is 84.6 cm³/mol. The standard InChI is InChI=1S/C16H23ClN2O2/c1-2-8-18-15-11-21-10-14(15)16(20)19-9-7-12-3-5-13(17)6-4-12/h3-6,14-15,18H,2,7-11H2,1H3,(H,19,20). The molecule has 0 radical (unpaired) electrons. The van der Waals surface area contributed by atoms with E-state index in [1.807, 2.05) is 24.3 Å². The van der Waals surface area contributed by atoms with Crippen molar-refractivity contribution < 1.29 is 9.53 Å². The summed E-state index contributed by atoms with van der Waals surface area (Å²) in [7, 11) is 0. The third kappa shape index (κ3) is 4.99. The van der Waals surface area contributed by atoms with Gasteiger partial charge < -0.3 is 15.4 Å². The van der Waals surface area contributed by atoms with Crippen molar-refractivity contribution in [2.24, 2.45) is 5.92 Å². The maximum absolute atomic E-state index is 12.2. The lowest BCUT2D eigenvalue weighted by molar-refractivity contribution is -0.125. The molecule has 1 aliphatic heterocycles. The number of ether oxygens (including phenoxy) is 1. The van der Waals surface area contributed by atoms with Gasteiger partial charge in [-0.3, -0.25) is 4.79 Å². The fourth-order valence-electron chi connectivity index (χ4n) is 2.46. The minimum absolute atomic E-state index is 0.0788. The molecule has 1 aliphatic rings. The van der Waals surface area contributed by atoms with E-state index < -0.39 is 0 Å². The molecule has 2 atom stereocenters. The second kappa shape index (κ2) is 8.37. The van der Waals surface area contributed by atoms with E-state index in [4.69, 9.17) is 16.3 Å². The Balaban J connectivity index is 1.74. The zero-order valence-electron chi connectivity index (χ0n) is 12.4. The number of halogens is 1. The van der Waals surface area contributed by atoms with Crippen molar-refractivity contribution in [3.05, 3.63) is 34.9 Å². The molecule has 0 saturated carbocycles. The smallest absolute Gasteiger partial charge is 0.227 e. The zero-order chi connectivity index (χ0) is 15.1. The highest BCUT2D eigenvalue weighted by Gasteiger charge is 2.33. The number of hydrogen-bond donors (Lipinski definition) is 2. The van der Waals surface area contributed by atoms with Crippen LogP contribution in [0.25, 0.3) is 0 Å². The molecular weight excluding hydrogens is 288 g/mol. The lowest BCUT2D eigenvalue weighted by atomic mass is 10.0. The van der Waals surface area contributed by atoms with Crippen molar-refractivity contribution in [1.82, 2.24) is 10.6 Å². The van der Waals surface area contributed by atoms with E-state index in [1.165, 1.54) is 5.56 Å². The van der Waals surface area contributed by atoms with Gasteiger partial charge in [-0.1, -0.05) is 30.7 Å². The molecule has 1 amide bonds. The Hall–Kier alpha value is -1.10. The molecule has 5 heteroatoms. The average molecular weight is 311 g/mol. The molecule has 21 heavy (non-hydrogen) atoms. The summed E-state index contributed by atoms with van der Waals surface area (Å²) >= 11 is 5.85. The van der Waals surface area contributed by atoms with Crippen molar-refractivity contribution in [1.29, 1.82) is 0 Å². The van der Waals surface area contributed by atoms with Gasteiger partial charge in [-0.15, -0.1) is 0 Å². The lowest BCUT2D eigenvalue weighted by Gasteiger charge is -2.18. The van der Waals surface area contributed by atoms with Gasteiger partial charge >= 0.3 is 0 Å². The van der Waals surface area contributed by atoms with Crippen LogP contribution in [0.3, 0.4) is 0 Å². The summed E-state index contributed by atoms with van der Waals surface area (Å²) < 4.78 is 5.43. The molecule has 4 nitrogen and oxygen atoms in total. The predicted octanol–water partition coefficient (Wildman–Crippen LogP) is 2.01. The first kappa shape index (κ1) is 16.3. The number of nitrogens with one attached hydrogen (secondary N) is 2. The number of rotatable bonds is 7. The van der Waals surface area contributed by atoms with Crippen LogP contribution < -0.4 is 10.6 Å². The molecule has 1 saturated heterocycles. The van der Waals surface area contributed by atoms with Gasteiger partial charge in [0, 0.05) is 17.6 Å². The Morgan fingerprint density at radius 1 is 1.29 bits per heavy atom. The van der Waals surface area contributed by atoms with E-state index in [-0.39, 0.29) is 17.9 Å². The summed E-state index contributed by atoms with van der Waals surface area (Å²) in [6.07, 6.45) is 1.87. The van der Waals surface area contributed by atoms with Crippen LogP contribution in [0.5, 0.6) is 0 Å². The van der Waals surface area contributed by atoms with Gasteiger partial charge in [0.05, 0.1) is 19.1 Å². The van der Waals surface area contributed by atoms with E-state index in [1.54, 1.807) is 0 Å². The van der Waals surface area contributed by atoms with E-state index >= 15 is 0 Å². The third-order valence-electron chi connectivity index (χ3n) is 3.70. The van der Waals surface area contributed by atoms with Crippen molar-refractivity contribution in [2.45, 2.75) is 25.8 Å². The topological polar surface area (TPSA) is 50.4 Å². The minimum atomic E-state index is -0.0817. The molecular formula is C16H23ClN2O2. The normalized spacial score (nSPS) is 21.4. The monoisotopic (exact) mass is 310 g/mol. The van der Waals surface area contributed by atoms with Gasteiger partial charge in [0.2, 0.25) is 5.91 Å². The first-order valence-electron chi connectivity index (χ1n) is 7.54. The van der Waals surface area contributed by atoms with E-state index in [2.05, 4.69) is 17.6 Å². The molecule has 1 aromatic carbocycles. The fourth-order valence-corrected chi connectivity index (χ4v) is 2.58. The fraction of sp³-hybridized carbons (Fsp3) is 0.562. The number of amides is 1. The number of benzene rings is 1. The van der Waals surface area contributed by atoms with Crippen molar-refractivity contribution in [2.75, 3.05) is 26.3 Å². The summed E-state index contributed by atoms with van der Waals surface area (Å²) in [6.45, 7) is 4.80. The highest BCUT2D eigenvalue weighted by molar-refractivity contribution is 6.30. The molecule has 0 aromatic heterocycles. The zero-order valence-corrected chi connectivity index (χ0v) is 13.2. The first-order chi connectivity index (χ1) is 10.2. The first-order valence-corrected chi connectivity index (χ1v) is 7.91. The maximum atomic E-state index is 12.2. The van der Waals surface area contributed by atoms with Crippen LogP contribution in [0, 0.1) is 5.92 Å². The molecule has 1 aromatic rings. The maximum Gasteiger partial charge on any atom is 0.227 e. The molecule has 2 unspecified atom stereocenters. The largest absolute Gasteiger partial charge is 0.379 e.